The first-order valence-corrected chi connectivity index (χ1v) is 10.6. The van der Waals surface area contributed by atoms with E-state index in [2.05, 4.69) is 24.5 Å². The summed E-state index contributed by atoms with van der Waals surface area (Å²) in [6.45, 7) is 5.83. The van der Waals surface area contributed by atoms with Crippen molar-refractivity contribution in [3.63, 3.8) is 0 Å². The lowest BCUT2D eigenvalue weighted by atomic mass is 10.0. The highest BCUT2D eigenvalue weighted by atomic mass is 16.5. The van der Waals surface area contributed by atoms with Crippen LogP contribution in [-0.2, 0) is 9.59 Å². The summed E-state index contributed by atoms with van der Waals surface area (Å²) >= 11 is 0. The summed E-state index contributed by atoms with van der Waals surface area (Å²) in [6.07, 6.45) is -0.683. The minimum atomic E-state index is -0.683. The molecule has 0 saturated heterocycles. The molecule has 1 atom stereocenters. The Bertz CT molecular complexity index is 1030. The summed E-state index contributed by atoms with van der Waals surface area (Å²) in [7, 11) is 0. The average molecular weight is 433 g/mol. The summed E-state index contributed by atoms with van der Waals surface area (Å²) in [5.74, 6) is 1.11. The van der Waals surface area contributed by atoms with Gasteiger partial charge in [0.15, 0.2) is 12.7 Å². The number of carbonyl (C=O) groups excluding carboxylic acids is 2. The molecule has 0 aliphatic heterocycles. The molecule has 2 amide bonds. The van der Waals surface area contributed by atoms with E-state index < -0.39 is 6.10 Å². The van der Waals surface area contributed by atoms with Crippen molar-refractivity contribution in [3.8, 4) is 11.5 Å². The Kier molecular flexibility index (Phi) is 7.86. The fraction of sp³-hybridized carbons (Fsp3) is 0.231. The van der Waals surface area contributed by atoms with Gasteiger partial charge in [0.1, 0.15) is 11.5 Å². The predicted octanol–water partition coefficient (Wildman–Crippen LogP) is 5.23. The standard InChI is InChI=1S/C26H28N2O4/c1-18(2)20-12-14-24(15-13-20)32-19(3)26(30)28-22-9-7-8-21(16-22)27-25(29)17-31-23-10-5-4-6-11-23/h4-16,18-19H,17H2,1-3H3,(H,27,29)(H,28,30). The summed E-state index contributed by atoms with van der Waals surface area (Å²) in [6, 6.07) is 23.8. The van der Waals surface area contributed by atoms with Gasteiger partial charge >= 0.3 is 0 Å². The van der Waals surface area contributed by atoms with E-state index >= 15 is 0 Å². The van der Waals surface area contributed by atoms with Crippen molar-refractivity contribution in [2.24, 2.45) is 0 Å². The number of amides is 2. The van der Waals surface area contributed by atoms with Crippen LogP contribution < -0.4 is 20.1 Å². The third-order valence-electron chi connectivity index (χ3n) is 4.76. The number of para-hydroxylation sites is 1. The predicted molar refractivity (Wildman–Crippen MR) is 126 cm³/mol. The molecule has 2 N–H and O–H groups in total. The van der Waals surface area contributed by atoms with E-state index in [1.807, 2.05) is 42.5 Å². The van der Waals surface area contributed by atoms with Gasteiger partial charge in [-0.05, 0) is 60.9 Å². The Morgan fingerprint density at radius 1 is 0.781 bits per heavy atom. The number of ether oxygens (including phenoxy) is 2. The van der Waals surface area contributed by atoms with E-state index in [0.29, 0.717) is 28.8 Å². The number of carbonyl (C=O) groups is 2. The van der Waals surface area contributed by atoms with Crippen LogP contribution in [0.3, 0.4) is 0 Å². The van der Waals surface area contributed by atoms with Crippen LogP contribution in [0, 0.1) is 0 Å². The molecule has 0 fully saturated rings. The number of hydrogen-bond donors (Lipinski definition) is 2. The maximum atomic E-state index is 12.5. The van der Waals surface area contributed by atoms with Gasteiger partial charge in [0, 0.05) is 11.4 Å². The third-order valence-corrected chi connectivity index (χ3v) is 4.76. The zero-order valence-corrected chi connectivity index (χ0v) is 18.5. The van der Waals surface area contributed by atoms with Gasteiger partial charge in [0.2, 0.25) is 0 Å². The SMILES string of the molecule is CC(Oc1ccc(C(C)C)cc1)C(=O)Nc1cccc(NC(=O)COc2ccccc2)c1. The lowest BCUT2D eigenvalue weighted by Crippen LogP contribution is -2.30. The monoisotopic (exact) mass is 432 g/mol. The van der Waals surface area contributed by atoms with E-state index in [9.17, 15) is 9.59 Å². The van der Waals surface area contributed by atoms with Crippen molar-refractivity contribution >= 4 is 23.2 Å². The highest BCUT2D eigenvalue weighted by Gasteiger charge is 2.15. The number of anilines is 2. The van der Waals surface area contributed by atoms with Gasteiger partial charge in [-0.3, -0.25) is 9.59 Å². The smallest absolute Gasteiger partial charge is 0.265 e. The van der Waals surface area contributed by atoms with Crippen LogP contribution in [0.15, 0.2) is 78.9 Å². The van der Waals surface area contributed by atoms with Crippen LogP contribution in [0.25, 0.3) is 0 Å². The lowest BCUT2D eigenvalue weighted by molar-refractivity contribution is -0.122. The summed E-state index contributed by atoms with van der Waals surface area (Å²) in [5.41, 5.74) is 2.33. The first-order chi connectivity index (χ1) is 15.4. The van der Waals surface area contributed by atoms with Crippen LogP contribution in [0.4, 0.5) is 11.4 Å². The highest BCUT2D eigenvalue weighted by molar-refractivity contribution is 5.96. The molecule has 6 nitrogen and oxygen atoms in total. The minimum absolute atomic E-state index is 0.110. The fourth-order valence-electron chi connectivity index (χ4n) is 2.97. The summed E-state index contributed by atoms with van der Waals surface area (Å²) in [4.78, 5) is 24.7. The van der Waals surface area contributed by atoms with Crippen LogP contribution in [0.2, 0.25) is 0 Å². The second-order valence-electron chi connectivity index (χ2n) is 7.70. The van der Waals surface area contributed by atoms with Crippen LogP contribution in [0.5, 0.6) is 11.5 Å². The fourth-order valence-corrected chi connectivity index (χ4v) is 2.97. The van der Waals surface area contributed by atoms with Crippen LogP contribution in [0.1, 0.15) is 32.3 Å². The van der Waals surface area contributed by atoms with E-state index in [0.717, 1.165) is 0 Å². The van der Waals surface area contributed by atoms with E-state index in [1.165, 1.54) is 5.56 Å². The molecule has 6 heteroatoms. The molecule has 0 aromatic heterocycles. The molecule has 3 aromatic carbocycles. The van der Waals surface area contributed by atoms with Gasteiger partial charge in [0.25, 0.3) is 11.8 Å². The lowest BCUT2D eigenvalue weighted by Gasteiger charge is -2.16. The topological polar surface area (TPSA) is 76.7 Å². The number of hydrogen-bond acceptors (Lipinski definition) is 4. The van der Waals surface area contributed by atoms with Gasteiger partial charge in [-0.2, -0.15) is 0 Å². The molecule has 3 rings (SSSR count). The number of benzene rings is 3. The zero-order chi connectivity index (χ0) is 22.9. The normalized spacial score (nSPS) is 11.5. The van der Waals surface area contributed by atoms with Crippen molar-refractivity contribution < 1.29 is 19.1 Å². The maximum absolute atomic E-state index is 12.5. The van der Waals surface area contributed by atoms with Gasteiger partial charge in [-0.15, -0.1) is 0 Å². The minimum Gasteiger partial charge on any atom is -0.484 e. The highest BCUT2D eigenvalue weighted by Crippen LogP contribution is 2.20. The van der Waals surface area contributed by atoms with Gasteiger partial charge in [-0.25, -0.2) is 0 Å². The van der Waals surface area contributed by atoms with Crippen molar-refractivity contribution in [2.75, 3.05) is 17.2 Å². The molecular weight excluding hydrogens is 404 g/mol. The molecular formula is C26H28N2O4. The number of nitrogens with one attached hydrogen (secondary N) is 2. The molecule has 166 valence electrons. The third kappa shape index (κ3) is 6.87. The van der Waals surface area contributed by atoms with Crippen LogP contribution in [-0.4, -0.2) is 24.5 Å². The van der Waals surface area contributed by atoms with Crippen molar-refractivity contribution in [2.45, 2.75) is 32.8 Å². The molecule has 0 spiro atoms. The summed E-state index contributed by atoms with van der Waals surface area (Å²) in [5, 5.41) is 5.58. The van der Waals surface area contributed by atoms with Gasteiger partial charge < -0.3 is 20.1 Å². The van der Waals surface area contributed by atoms with E-state index in [-0.39, 0.29) is 18.4 Å². The largest absolute Gasteiger partial charge is 0.484 e. The Labute approximate surface area is 188 Å². The quantitative estimate of drug-likeness (QED) is 0.485. The Hall–Kier alpha value is -3.80. The maximum Gasteiger partial charge on any atom is 0.265 e. The van der Waals surface area contributed by atoms with Crippen molar-refractivity contribution in [1.29, 1.82) is 0 Å². The molecule has 0 radical (unpaired) electrons. The van der Waals surface area contributed by atoms with Gasteiger partial charge in [-0.1, -0.05) is 50.2 Å². The second kappa shape index (κ2) is 11.0. The average Bonchev–Trinajstić information content (AvgIpc) is 2.79. The van der Waals surface area contributed by atoms with Crippen molar-refractivity contribution in [1.82, 2.24) is 0 Å². The molecule has 3 aromatic rings. The Morgan fingerprint density at radius 3 is 2.09 bits per heavy atom. The number of rotatable bonds is 9. The molecule has 1 unspecified atom stereocenters. The zero-order valence-electron chi connectivity index (χ0n) is 18.5. The molecule has 0 saturated carbocycles. The first kappa shape index (κ1) is 22.9. The molecule has 32 heavy (non-hydrogen) atoms. The molecule has 0 aliphatic rings. The molecule has 0 heterocycles. The van der Waals surface area contributed by atoms with E-state index in [1.54, 1.807) is 43.3 Å². The van der Waals surface area contributed by atoms with Crippen molar-refractivity contribution in [3.05, 3.63) is 84.4 Å². The second-order valence-corrected chi connectivity index (χ2v) is 7.70. The first-order valence-electron chi connectivity index (χ1n) is 10.6. The van der Waals surface area contributed by atoms with Gasteiger partial charge in [0.05, 0.1) is 0 Å². The van der Waals surface area contributed by atoms with Crippen LogP contribution >= 0.6 is 0 Å². The summed E-state index contributed by atoms with van der Waals surface area (Å²) < 4.78 is 11.2. The Morgan fingerprint density at radius 2 is 1.44 bits per heavy atom. The van der Waals surface area contributed by atoms with E-state index in [4.69, 9.17) is 9.47 Å². The Balaban J connectivity index is 1.51. The molecule has 0 bridgehead atoms. The molecule has 0 aliphatic carbocycles.